The highest BCUT2D eigenvalue weighted by molar-refractivity contribution is 6.01. The molecule has 3 heterocycles. The molecule has 6 aromatic rings. The molecule has 3 aromatic carbocycles. The molecule has 0 atom stereocenters. The van der Waals surface area contributed by atoms with Crippen LogP contribution in [-0.2, 0) is 0 Å². The third-order valence-corrected chi connectivity index (χ3v) is 5.64. The lowest BCUT2D eigenvalue weighted by molar-refractivity contribution is 0.631. The fraction of sp³-hybridized carbons (Fsp3) is 0. The van der Waals surface area contributed by atoms with Crippen LogP contribution in [0.25, 0.3) is 55.4 Å². The minimum atomic E-state index is -0.232. The van der Waals surface area contributed by atoms with Crippen LogP contribution in [0.5, 0.6) is 0 Å². The molecule has 0 fully saturated rings. The number of pyridine rings is 1. The summed E-state index contributed by atoms with van der Waals surface area (Å²) in [4.78, 5) is 7.69. The molecule has 0 saturated heterocycles. The van der Waals surface area contributed by atoms with Crippen LogP contribution in [0, 0.1) is 5.82 Å². The van der Waals surface area contributed by atoms with Crippen LogP contribution in [0.3, 0.4) is 0 Å². The third-order valence-electron chi connectivity index (χ3n) is 5.64. The monoisotopic (exact) mass is 404 g/mol. The average molecular weight is 404 g/mol. The minimum Gasteiger partial charge on any atom is -0.353 e. The summed E-state index contributed by atoms with van der Waals surface area (Å²) in [5.41, 5.74) is 7.18. The van der Waals surface area contributed by atoms with E-state index in [4.69, 9.17) is 0 Å². The van der Waals surface area contributed by atoms with Crippen molar-refractivity contribution in [2.24, 2.45) is 0 Å². The van der Waals surface area contributed by atoms with E-state index in [2.05, 4.69) is 32.3 Å². The van der Waals surface area contributed by atoms with Crippen LogP contribution in [0.2, 0.25) is 0 Å². The standard InChI is InChI=1S/C26H17FN4/c27-22-8-2-1-6-19(22)18-7-3-9-23-20(18)14-25(29-23)26-21-13-16(10-11-24(21)30-31-26)17-5-4-12-28-15-17/h1-15,29H,(H,30,31). The first-order chi connectivity index (χ1) is 15.3. The normalized spacial score (nSPS) is 11.4. The summed E-state index contributed by atoms with van der Waals surface area (Å²) in [5.74, 6) is -0.232. The van der Waals surface area contributed by atoms with E-state index in [0.29, 0.717) is 5.56 Å². The summed E-state index contributed by atoms with van der Waals surface area (Å²) in [6, 6.07) is 25.0. The van der Waals surface area contributed by atoms with E-state index in [9.17, 15) is 4.39 Å². The summed E-state index contributed by atoms with van der Waals surface area (Å²) in [6.45, 7) is 0. The van der Waals surface area contributed by atoms with E-state index < -0.39 is 0 Å². The van der Waals surface area contributed by atoms with Gasteiger partial charge in [-0.25, -0.2) is 4.39 Å². The Morgan fingerprint density at radius 2 is 1.61 bits per heavy atom. The van der Waals surface area contributed by atoms with Gasteiger partial charge in [-0.2, -0.15) is 5.10 Å². The Hall–Kier alpha value is -4.25. The first-order valence-electron chi connectivity index (χ1n) is 10.0. The average Bonchev–Trinajstić information content (AvgIpc) is 3.43. The highest BCUT2D eigenvalue weighted by Crippen LogP contribution is 2.35. The Morgan fingerprint density at radius 1 is 0.710 bits per heavy atom. The summed E-state index contributed by atoms with van der Waals surface area (Å²) >= 11 is 0. The van der Waals surface area contributed by atoms with Crippen molar-refractivity contribution in [2.45, 2.75) is 0 Å². The van der Waals surface area contributed by atoms with Gasteiger partial charge in [0.2, 0.25) is 0 Å². The molecule has 0 unspecified atom stereocenters. The molecule has 148 valence electrons. The fourth-order valence-corrected chi connectivity index (χ4v) is 4.13. The third kappa shape index (κ3) is 2.90. The molecule has 3 aromatic heterocycles. The molecule has 6 rings (SSSR count). The van der Waals surface area contributed by atoms with Crippen molar-refractivity contribution in [3.05, 3.63) is 97.1 Å². The van der Waals surface area contributed by atoms with Crippen LogP contribution in [-0.4, -0.2) is 20.2 Å². The first kappa shape index (κ1) is 17.6. The second-order valence-corrected chi connectivity index (χ2v) is 7.50. The van der Waals surface area contributed by atoms with Crippen molar-refractivity contribution in [1.82, 2.24) is 20.2 Å². The van der Waals surface area contributed by atoms with E-state index in [1.165, 1.54) is 6.07 Å². The van der Waals surface area contributed by atoms with Gasteiger partial charge in [-0.1, -0.05) is 42.5 Å². The SMILES string of the molecule is Fc1ccccc1-c1cccc2[nH]c(-c3n[nH]c4ccc(-c5cccnc5)cc34)cc12. The highest BCUT2D eigenvalue weighted by Gasteiger charge is 2.15. The van der Waals surface area contributed by atoms with Gasteiger partial charge < -0.3 is 4.98 Å². The van der Waals surface area contributed by atoms with Crippen LogP contribution >= 0.6 is 0 Å². The van der Waals surface area contributed by atoms with E-state index in [0.717, 1.165) is 49.9 Å². The summed E-state index contributed by atoms with van der Waals surface area (Å²) in [5, 5.41) is 9.66. The van der Waals surface area contributed by atoms with Crippen molar-refractivity contribution >= 4 is 21.8 Å². The quantitative estimate of drug-likeness (QED) is 0.350. The molecule has 4 nitrogen and oxygen atoms in total. The van der Waals surface area contributed by atoms with Gasteiger partial charge >= 0.3 is 0 Å². The maximum Gasteiger partial charge on any atom is 0.131 e. The van der Waals surface area contributed by atoms with Crippen LogP contribution in [0.15, 0.2) is 91.3 Å². The Kier molecular flexibility index (Phi) is 3.93. The van der Waals surface area contributed by atoms with Gasteiger partial charge in [0, 0.05) is 39.8 Å². The molecular weight excluding hydrogens is 387 g/mol. The fourth-order valence-electron chi connectivity index (χ4n) is 4.13. The van der Waals surface area contributed by atoms with E-state index in [-0.39, 0.29) is 5.82 Å². The number of halogens is 1. The number of hydrogen-bond acceptors (Lipinski definition) is 2. The zero-order chi connectivity index (χ0) is 20.8. The molecule has 0 aliphatic carbocycles. The maximum absolute atomic E-state index is 14.5. The highest BCUT2D eigenvalue weighted by atomic mass is 19.1. The smallest absolute Gasteiger partial charge is 0.131 e. The van der Waals surface area contributed by atoms with E-state index >= 15 is 0 Å². The van der Waals surface area contributed by atoms with Crippen molar-refractivity contribution in [2.75, 3.05) is 0 Å². The number of benzene rings is 3. The lowest BCUT2D eigenvalue weighted by atomic mass is 10.0. The second-order valence-electron chi connectivity index (χ2n) is 7.50. The van der Waals surface area contributed by atoms with E-state index in [1.54, 1.807) is 18.3 Å². The summed E-state index contributed by atoms with van der Waals surface area (Å²) in [7, 11) is 0. The predicted molar refractivity (Wildman–Crippen MR) is 122 cm³/mol. The van der Waals surface area contributed by atoms with Gasteiger partial charge in [0.15, 0.2) is 0 Å². The predicted octanol–water partition coefficient (Wildman–Crippen LogP) is 6.58. The summed E-state index contributed by atoms with van der Waals surface area (Å²) in [6.07, 6.45) is 3.62. The molecule has 0 radical (unpaired) electrons. The topological polar surface area (TPSA) is 57.4 Å². The van der Waals surface area contributed by atoms with Crippen molar-refractivity contribution in [3.8, 4) is 33.6 Å². The van der Waals surface area contributed by atoms with Crippen LogP contribution < -0.4 is 0 Å². The number of hydrogen-bond donors (Lipinski definition) is 2. The number of aromatic amines is 2. The Morgan fingerprint density at radius 3 is 2.48 bits per heavy atom. The van der Waals surface area contributed by atoms with Crippen LogP contribution in [0.1, 0.15) is 0 Å². The molecular formula is C26H17FN4. The Bertz CT molecular complexity index is 1550. The largest absolute Gasteiger partial charge is 0.353 e. The zero-order valence-corrected chi connectivity index (χ0v) is 16.4. The molecule has 0 amide bonds. The maximum atomic E-state index is 14.5. The lowest BCUT2D eigenvalue weighted by Gasteiger charge is -2.04. The van der Waals surface area contributed by atoms with Gasteiger partial charge in [0.25, 0.3) is 0 Å². The van der Waals surface area contributed by atoms with Gasteiger partial charge in [0.05, 0.1) is 11.2 Å². The Balaban J connectivity index is 1.53. The molecule has 0 aliphatic heterocycles. The van der Waals surface area contributed by atoms with Gasteiger partial charge in [-0.3, -0.25) is 10.1 Å². The number of nitrogens with zero attached hydrogens (tertiary/aromatic N) is 2. The minimum absolute atomic E-state index is 0.232. The molecule has 5 heteroatoms. The molecule has 0 bridgehead atoms. The van der Waals surface area contributed by atoms with Crippen molar-refractivity contribution in [3.63, 3.8) is 0 Å². The summed E-state index contributed by atoms with van der Waals surface area (Å²) < 4.78 is 14.5. The number of H-pyrrole nitrogens is 2. The Labute approximate surface area is 177 Å². The molecule has 31 heavy (non-hydrogen) atoms. The molecule has 2 N–H and O–H groups in total. The van der Waals surface area contributed by atoms with Gasteiger partial charge in [-0.15, -0.1) is 0 Å². The first-order valence-corrected chi connectivity index (χ1v) is 10.0. The van der Waals surface area contributed by atoms with Crippen LogP contribution in [0.4, 0.5) is 4.39 Å². The van der Waals surface area contributed by atoms with Gasteiger partial charge in [0.1, 0.15) is 11.5 Å². The second kappa shape index (κ2) is 6.92. The number of aromatic nitrogens is 4. The number of fused-ring (bicyclic) bond motifs is 2. The van der Waals surface area contributed by atoms with Gasteiger partial charge in [-0.05, 0) is 47.5 Å². The lowest BCUT2D eigenvalue weighted by Crippen LogP contribution is -1.83. The molecule has 0 aliphatic rings. The molecule has 0 saturated carbocycles. The van der Waals surface area contributed by atoms with E-state index in [1.807, 2.05) is 54.7 Å². The van der Waals surface area contributed by atoms with Crippen molar-refractivity contribution in [1.29, 1.82) is 0 Å². The number of nitrogens with one attached hydrogen (secondary N) is 2. The molecule has 0 spiro atoms. The number of rotatable bonds is 3. The zero-order valence-electron chi connectivity index (χ0n) is 16.4. The van der Waals surface area contributed by atoms with Crippen molar-refractivity contribution < 1.29 is 4.39 Å².